The number of para-hydroxylation sites is 1. The van der Waals surface area contributed by atoms with Crippen LogP contribution < -0.4 is 10.2 Å². The fraction of sp³-hybridized carbons (Fsp3) is 0.500. The number of benzene rings is 1. The molecular formula is C16H22N4O. The Balaban J connectivity index is 2.02. The maximum absolute atomic E-state index is 10.2. The summed E-state index contributed by atoms with van der Waals surface area (Å²) in [5.74, 6) is 1.58. The average molecular weight is 286 g/mol. The number of aromatic nitrogens is 2. The fourth-order valence-corrected chi connectivity index (χ4v) is 2.74. The Morgan fingerprint density at radius 3 is 2.86 bits per heavy atom. The zero-order valence-corrected chi connectivity index (χ0v) is 12.6. The van der Waals surface area contributed by atoms with Gasteiger partial charge in [0.15, 0.2) is 0 Å². The van der Waals surface area contributed by atoms with E-state index in [9.17, 15) is 5.11 Å². The highest BCUT2D eigenvalue weighted by atomic mass is 16.3. The summed E-state index contributed by atoms with van der Waals surface area (Å²) in [6.07, 6.45) is 1.80. The number of β-amino-alcohol motifs (C(OH)–C–C–N with tert-alkyl or cyclic N) is 1. The van der Waals surface area contributed by atoms with Gasteiger partial charge in [-0.1, -0.05) is 19.1 Å². The summed E-state index contributed by atoms with van der Waals surface area (Å²) in [4.78, 5) is 11.4. The minimum Gasteiger partial charge on any atom is -0.388 e. The minimum absolute atomic E-state index is 0.612. The van der Waals surface area contributed by atoms with Gasteiger partial charge < -0.3 is 15.3 Å². The van der Waals surface area contributed by atoms with Gasteiger partial charge in [-0.05, 0) is 31.9 Å². The highest BCUT2D eigenvalue weighted by Crippen LogP contribution is 2.31. The van der Waals surface area contributed by atoms with Crippen LogP contribution in [0, 0.1) is 0 Å². The second-order valence-corrected chi connectivity index (χ2v) is 5.98. The molecule has 21 heavy (non-hydrogen) atoms. The van der Waals surface area contributed by atoms with Gasteiger partial charge in [0.2, 0.25) is 5.95 Å². The zero-order valence-electron chi connectivity index (χ0n) is 12.6. The number of nitrogens with one attached hydrogen (secondary N) is 1. The summed E-state index contributed by atoms with van der Waals surface area (Å²) >= 11 is 0. The number of anilines is 2. The van der Waals surface area contributed by atoms with Crippen molar-refractivity contribution in [3.8, 4) is 0 Å². The number of aliphatic hydroxyl groups is 1. The van der Waals surface area contributed by atoms with E-state index in [0.29, 0.717) is 12.5 Å². The van der Waals surface area contributed by atoms with Crippen molar-refractivity contribution < 1.29 is 5.11 Å². The number of hydrogen-bond acceptors (Lipinski definition) is 5. The van der Waals surface area contributed by atoms with Crippen molar-refractivity contribution in [2.45, 2.75) is 32.3 Å². The molecule has 2 heterocycles. The van der Waals surface area contributed by atoms with Gasteiger partial charge in [0.25, 0.3) is 0 Å². The second kappa shape index (κ2) is 5.48. The number of hydrogen-bond donors (Lipinski definition) is 2. The van der Waals surface area contributed by atoms with Crippen LogP contribution in [-0.4, -0.2) is 40.3 Å². The SMILES string of the molecule is CCCNc1nc(N2CCC(C)(O)C2)c2ccccc2n1. The summed E-state index contributed by atoms with van der Waals surface area (Å²) < 4.78 is 0. The van der Waals surface area contributed by atoms with Gasteiger partial charge in [0, 0.05) is 25.0 Å². The molecule has 1 aromatic carbocycles. The first-order chi connectivity index (χ1) is 10.1. The quantitative estimate of drug-likeness (QED) is 0.904. The van der Waals surface area contributed by atoms with Gasteiger partial charge in [0.1, 0.15) is 5.82 Å². The van der Waals surface area contributed by atoms with Gasteiger partial charge in [-0.15, -0.1) is 0 Å². The maximum atomic E-state index is 10.2. The molecule has 5 heteroatoms. The first-order valence-electron chi connectivity index (χ1n) is 7.57. The number of fused-ring (bicyclic) bond motifs is 1. The Hall–Kier alpha value is -1.88. The minimum atomic E-state index is -0.636. The lowest BCUT2D eigenvalue weighted by Crippen LogP contribution is -2.30. The maximum Gasteiger partial charge on any atom is 0.225 e. The predicted molar refractivity (Wildman–Crippen MR) is 85.8 cm³/mol. The fourth-order valence-electron chi connectivity index (χ4n) is 2.74. The van der Waals surface area contributed by atoms with Crippen molar-refractivity contribution in [1.82, 2.24) is 9.97 Å². The Morgan fingerprint density at radius 1 is 1.33 bits per heavy atom. The van der Waals surface area contributed by atoms with Crippen LogP contribution in [0.3, 0.4) is 0 Å². The molecule has 0 radical (unpaired) electrons. The molecule has 1 fully saturated rings. The lowest BCUT2D eigenvalue weighted by atomic mass is 10.1. The van der Waals surface area contributed by atoms with Crippen LogP contribution in [0.4, 0.5) is 11.8 Å². The second-order valence-electron chi connectivity index (χ2n) is 5.98. The molecule has 3 rings (SSSR count). The Labute approximate surface area is 125 Å². The molecule has 1 saturated heterocycles. The highest BCUT2D eigenvalue weighted by Gasteiger charge is 2.33. The summed E-state index contributed by atoms with van der Waals surface area (Å²) in [5, 5.41) is 14.5. The van der Waals surface area contributed by atoms with E-state index in [-0.39, 0.29) is 0 Å². The Kier molecular flexibility index (Phi) is 3.68. The summed E-state index contributed by atoms with van der Waals surface area (Å²) in [7, 11) is 0. The molecule has 2 aromatic rings. The average Bonchev–Trinajstić information content (AvgIpc) is 2.84. The summed E-state index contributed by atoms with van der Waals surface area (Å²) in [6.45, 7) is 6.29. The molecule has 2 N–H and O–H groups in total. The standard InChI is InChI=1S/C16H22N4O/c1-3-9-17-15-18-13-7-5-4-6-12(13)14(19-15)20-10-8-16(2,21)11-20/h4-7,21H,3,8-11H2,1-2H3,(H,17,18,19). The third-order valence-corrected chi connectivity index (χ3v) is 3.87. The van der Waals surface area contributed by atoms with Crippen LogP contribution in [0.1, 0.15) is 26.7 Å². The highest BCUT2D eigenvalue weighted by molar-refractivity contribution is 5.90. The molecule has 0 bridgehead atoms. The van der Waals surface area contributed by atoms with Gasteiger partial charge >= 0.3 is 0 Å². The molecule has 1 atom stereocenters. The topological polar surface area (TPSA) is 61.3 Å². The third-order valence-electron chi connectivity index (χ3n) is 3.87. The molecule has 1 aliphatic rings. The first kappa shape index (κ1) is 14.1. The van der Waals surface area contributed by atoms with E-state index in [1.54, 1.807) is 0 Å². The van der Waals surface area contributed by atoms with E-state index in [1.165, 1.54) is 0 Å². The summed E-state index contributed by atoms with van der Waals surface area (Å²) in [6, 6.07) is 8.04. The van der Waals surface area contributed by atoms with Crippen LogP contribution >= 0.6 is 0 Å². The van der Waals surface area contributed by atoms with E-state index >= 15 is 0 Å². The van der Waals surface area contributed by atoms with E-state index in [1.807, 2.05) is 31.2 Å². The van der Waals surface area contributed by atoms with Crippen molar-refractivity contribution in [2.24, 2.45) is 0 Å². The van der Waals surface area contributed by atoms with Crippen LogP contribution in [0.5, 0.6) is 0 Å². The zero-order chi connectivity index (χ0) is 14.9. The van der Waals surface area contributed by atoms with Crippen molar-refractivity contribution in [3.05, 3.63) is 24.3 Å². The Bertz CT molecular complexity index is 641. The van der Waals surface area contributed by atoms with Crippen molar-refractivity contribution >= 4 is 22.7 Å². The lowest BCUT2D eigenvalue weighted by molar-refractivity contribution is 0.0839. The molecule has 0 aliphatic carbocycles. The molecule has 5 nitrogen and oxygen atoms in total. The molecule has 0 saturated carbocycles. The van der Waals surface area contributed by atoms with Gasteiger partial charge in [-0.25, -0.2) is 4.98 Å². The number of nitrogens with zero attached hydrogens (tertiary/aromatic N) is 3. The summed E-state index contributed by atoms with van der Waals surface area (Å²) in [5.41, 5.74) is 0.302. The molecule has 1 unspecified atom stereocenters. The molecule has 0 amide bonds. The van der Waals surface area contributed by atoms with Gasteiger partial charge in [-0.2, -0.15) is 4.98 Å². The molecular weight excluding hydrogens is 264 g/mol. The van der Waals surface area contributed by atoms with E-state index in [4.69, 9.17) is 0 Å². The smallest absolute Gasteiger partial charge is 0.225 e. The Morgan fingerprint density at radius 2 is 2.14 bits per heavy atom. The van der Waals surface area contributed by atoms with Crippen LogP contribution in [0.15, 0.2) is 24.3 Å². The van der Waals surface area contributed by atoms with Crippen LogP contribution in [-0.2, 0) is 0 Å². The van der Waals surface area contributed by atoms with Crippen molar-refractivity contribution in [3.63, 3.8) is 0 Å². The normalized spacial score (nSPS) is 22.0. The third kappa shape index (κ3) is 2.93. The van der Waals surface area contributed by atoms with Crippen molar-refractivity contribution in [1.29, 1.82) is 0 Å². The molecule has 1 aliphatic heterocycles. The molecule has 112 valence electrons. The predicted octanol–water partition coefficient (Wildman–Crippen LogP) is 2.41. The van der Waals surface area contributed by atoms with Crippen LogP contribution in [0.2, 0.25) is 0 Å². The van der Waals surface area contributed by atoms with Gasteiger partial charge in [0.05, 0.1) is 11.1 Å². The van der Waals surface area contributed by atoms with Gasteiger partial charge in [-0.3, -0.25) is 0 Å². The first-order valence-corrected chi connectivity index (χ1v) is 7.57. The largest absolute Gasteiger partial charge is 0.388 e. The monoisotopic (exact) mass is 286 g/mol. The molecule has 1 aromatic heterocycles. The van der Waals surface area contributed by atoms with E-state index in [2.05, 4.69) is 27.1 Å². The lowest BCUT2D eigenvalue weighted by Gasteiger charge is -2.21. The molecule has 0 spiro atoms. The van der Waals surface area contributed by atoms with E-state index < -0.39 is 5.60 Å². The van der Waals surface area contributed by atoms with E-state index in [0.717, 1.165) is 42.7 Å². The number of rotatable bonds is 4. The van der Waals surface area contributed by atoms with Crippen LogP contribution in [0.25, 0.3) is 10.9 Å². The van der Waals surface area contributed by atoms with Crippen molar-refractivity contribution in [2.75, 3.05) is 29.9 Å².